The number of aliphatic carboxylic acids is 2. The molecular weight excluding hydrogens is 472 g/mol. The van der Waals surface area contributed by atoms with E-state index in [2.05, 4.69) is 16.0 Å². The fourth-order valence-electron chi connectivity index (χ4n) is 3.27. The fourth-order valence-corrected chi connectivity index (χ4v) is 3.27. The molecule has 0 saturated heterocycles. The molecule has 1 rings (SSSR count). The molecule has 8 N–H and O–H groups in total. The number of hydrogen-bond donors (Lipinski definition) is 7. The van der Waals surface area contributed by atoms with Crippen molar-refractivity contribution in [1.82, 2.24) is 16.0 Å². The summed E-state index contributed by atoms with van der Waals surface area (Å²) in [6.45, 7) is 7.12. The maximum absolute atomic E-state index is 13.0. The van der Waals surface area contributed by atoms with Crippen LogP contribution >= 0.6 is 0 Å². The number of carboxylic acids is 2. The van der Waals surface area contributed by atoms with E-state index in [4.69, 9.17) is 5.73 Å². The molecule has 0 heterocycles. The SMILES string of the molecule is CC(C)CC(NC(=O)C(N)C(C)C)C(=O)NC(CC(=O)O)C(=O)NC(Cc1ccc(O)cc1)C(=O)O. The number of phenolic OH excluding ortho intramolecular Hbond substituents is 1. The quantitative estimate of drug-likeness (QED) is 0.180. The summed E-state index contributed by atoms with van der Waals surface area (Å²) in [6, 6.07) is 0.701. The van der Waals surface area contributed by atoms with Crippen molar-refractivity contribution in [3.05, 3.63) is 29.8 Å². The van der Waals surface area contributed by atoms with E-state index in [1.807, 2.05) is 13.8 Å². The van der Waals surface area contributed by atoms with Crippen LogP contribution in [0.15, 0.2) is 24.3 Å². The van der Waals surface area contributed by atoms with Crippen molar-refractivity contribution in [3.63, 3.8) is 0 Å². The van der Waals surface area contributed by atoms with Gasteiger partial charge in [-0.3, -0.25) is 19.2 Å². The number of carbonyl (C=O) groups excluding carboxylic acids is 3. The van der Waals surface area contributed by atoms with Gasteiger partial charge in [0.2, 0.25) is 17.7 Å². The van der Waals surface area contributed by atoms with Gasteiger partial charge in [-0.05, 0) is 36.0 Å². The molecule has 0 saturated carbocycles. The topological polar surface area (TPSA) is 208 Å². The normalized spacial score (nSPS) is 14.4. The number of benzene rings is 1. The third kappa shape index (κ3) is 10.3. The molecule has 4 unspecified atom stereocenters. The second kappa shape index (κ2) is 14.0. The monoisotopic (exact) mass is 508 g/mol. The van der Waals surface area contributed by atoms with Crippen LogP contribution in [0.5, 0.6) is 5.75 Å². The highest BCUT2D eigenvalue weighted by Crippen LogP contribution is 2.12. The molecular formula is C24H36N4O8. The van der Waals surface area contributed by atoms with E-state index in [-0.39, 0.29) is 30.4 Å². The van der Waals surface area contributed by atoms with Crippen LogP contribution in [-0.2, 0) is 30.4 Å². The number of phenols is 1. The Hall–Kier alpha value is -3.67. The molecule has 1 aromatic carbocycles. The Bertz CT molecular complexity index is 933. The van der Waals surface area contributed by atoms with E-state index in [0.717, 1.165) is 0 Å². The molecule has 0 aromatic heterocycles. The Morgan fingerprint density at radius 1 is 0.806 bits per heavy atom. The molecule has 1 aromatic rings. The van der Waals surface area contributed by atoms with E-state index < -0.39 is 60.2 Å². The molecule has 12 nitrogen and oxygen atoms in total. The third-order valence-corrected chi connectivity index (χ3v) is 5.36. The van der Waals surface area contributed by atoms with E-state index in [9.17, 15) is 39.3 Å². The third-order valence-electron chi connectivity index (χ3n) is 5.36. The average Bonchev–Trinajstić information content (AvgIpc) is 2.77. The van der Waals surface area contributed by atoms with E-state index in [1.165, 1.54) is 24.3 Å². The van der Waals surface area contributed by atoms with Gasteiger partial charge in [-0.2, -0.15) is 0 Å². The van der Waals surface area contributed by atoms with E-state index in [1.54, 1.807) is 13.8 Å². The molecule has 0 fully saturated rings. The lowest BCUT2D eigenvalue weighted by Gasteiger charge is -2.26. The second-order valence-corrected chi connectivity index (χ2v) is 9.39. The maximum Gasteiger partial charge on any atom is 0.326 e. The van der Waals surface area contributed by atoms with Gasteiger partial charge in [0.1, 0.15) is 23.9 Å². The molecule has 0 spiro atoms. The number of hydrogen-bond acceptors (Lipinski definition) is 7. The van der Waals surface area contributed by atoms with Crippen molar-refractivity contribution >= 4 is 29.7 Å². The fraction of sp³-hybridized carbons (Fsp3) is 0.542. The molecule has 3 amide bonds. The van der Waals surface area contributed by atoms with Crippen molar-refractivity contribution in [2.75, 3.05) is 0 Å². The lowest BCUT2D eigenvalue weighted by molar-refractivity contribution is -0.143. The van der Waals surface area contributed by atoms with Crippen LogP contribution in [0.25, 0.3) is 0 Å². The Morgan fingerprint density at radius 3 is 1.78 bits per heavy atom. The van der Waals surface area contributed by atoms with E-state index >= 15 is 0 Å². The molecule has 0 aliphatic carbocycles. The van der Waals surface area contributed by atoms with Gasteiger partial charge in [-0.15, -0.1) is 0 Å². The average molecular weight is 509 g/mol. The second-order valence-electron chi connectivity index (χ2n) is 9.39. The number of rotatable bonds is 14. The van der Waals surface area contributed by atoms with Gasteiger partial charge in [0.25, 0.3) is 0 Å². The summed E-state index contributed by atoms with van der Waals surface area (Å²) in [5.41, 5.74) is 6.35. The Labute approximate surface area is 209 Å². The zero-order chi connectivity index (χ0) is 27.6. The van der Waals surface area contributed by atoms with Gasteiger partial charge < -0.3 is 37.0 Å². The molecule has 0 aliphatic rings. The first-order valence-electron chi connectivity index (χ1n) is 11.6. The van der Waals surface area contributed by atoms with Crippen molar-refractivity contribution in [2.45, 2.75) is 71.1 Å². The smallest absolute Gasteiger partial charge is 0.326 e. The Kier molecular flexibility index (Phi) is 11.8. The number of aromatic hydroxyl groups is 1. The van der Waals surface area contributed by atoms with Crippen LogP contribution in [0.1, 0.15) is 46.1 Å². The standard InChI is InChI=1S/C24H36N4O8/c1-12(2)9-16(27-23(34)20(25)13(3)4)21(32)26-17(11-19(30)31)22(33)28-18(24(35)36)10-14-5-7-15(29)8-6-14/h5-8,12-13,16-18,20,29H,9-11,25H2,1-4H3,(H,26,32)(H,27,34)(H,28,33)(H,30,31)(H,35,36). The van der Waals surface area contributed by atoms with Crippen molar-refractivity contribution < 1.29 is 39.3 Å². The minimum absolute atomic E-state index is 0.0173. The number of carboxylic acid groups (broad SMARTS) is 2. The molecule has 0 bridgehead atoms. The van der Waals surface area contributed by atoms with Gasteiger partial charge in [0.15, 0.2) is 0 Å². The predicted molar refractivity (Wildman–Crippen MR) is 130 cm³/mol. The Balaban J connectivity index is 3.03. The summed E-state index contributed by atoms with van der Waals surface area (Å²) in [5.74, 6) is -5.38. The lowest BCUT2D eigenvalue weighted by Crippen LogP contribution is -2.58. The molecule has 12 heteroatoms. The van der Waals surface area contributed by atoms with Crippen LogP contribution in [-0.4, -0.2) is 69.1 Å². The number of amides is 3. The summed E-state index contributed by atoms with van der Waals surface area (Å²) < 4.78 is 0. The zero-order valence-electron chi connectivity index (χ0n) is 20.9. The van der Waals surface area contributed by atoms with Gasteiger partial charge in [0, 0.05) is 6.42 Å². The minimum atomic E-state index is -1.60. The predicted octanol–water partition coefficient (Wildman–Crippen LogP) is -0.0222. The first-order valence-corrected chi connectivity index (χ1v) is 11.6. The summed E-state index contributed by atoms with van der Waals surface area (Å²) in [7, 11) is 0. The summed E-state index contributed by atoms with van der Waals surface area (Å²) in [5, 5.41) is 35.3. The van der Waals surface area contributed by atoms with Crippen LogP contribution in [0.3, 0.4) is 0 Å². The molecule has 200 valence electrons. The molecule has 36 heavy (non-hydrogen) atoms. The highest BCUT2D eigenvalue weighted by Gasteiger charge is 2.32. The summed E-state index contributed by atoms with van der Waals surface area (Å²) >= 11 is 0. The van der Waals surface area contributed by atoms with Crippen LogP contribution in [0.2, 0.25) is 0 Å². The van der Waals surface area contributed by atoms with Crippen molar-refractivity contribution in [2.24, 2.45) is 17.6 Å². The highest BCUT2D eigenvalue weighted by atomic mass is 16.4. The van der Waals surface area contributed by atoms with Crippen LogP contribution < -0.4 is 21.7 Å². The van der Waals surface area contributed by atoms with Crippen LogP contribution in [0, 0.1) is 11.8 Å². The molecule has 4 atom stereocenters. The minimum Gasteiger partial charge on any atom is -0.508 e. The first kappa shape index (κ1) is 30.4. The first-order chi connectivity index (χ1) is 16.7. The number of nitrogens with one attached hydrogen (secondary N) is 3. The van der Waals surface area contributed by atoms with Crippen LogP contribution in [0.4, 0.5) is 0 Å². The van der Waals surface area contributed by atoms with Gasteiger partial charge in [-0.1, -0.05) is 39.8 Å². The van der Waals surface area contributed by atoms with E-state index in [0.29, 0.717) is 5.56 Å². The number of carbonyl (C=O) groups is 5. The van der Waals surface area contributed by atoms with Crippen molar-refractivity contribution in [1.29, 1.82) is 0 Å². The Morgan fingerprint density at radius 2 is 1.31 bits per heavy atom. The van der Waals surface area contributed by atoms with Crippen molar-refractivity contribution in [3.8, 4) is 5.75 Å². The molecule has 0 radical (unpaired) electrons. The van der Waals surface area contributed by atoms with Gasteiger partial charge in [0.05, 0.1) is 12.5 Å². The zero-order valence-corrected chi connectivity index (χ0v) is 20.9. The summed E-state index contributed by atoms with van der Waals surface area (Å²) in [6.07, 6.45) is -0.756. The maximum atomic E-state index is 13.0. The largest absolute Gasteiger partial charge is 0.508 e. The highest BCUT2D eigenvalue weighted by molar-refractivity contribution is 5.95. The summed E-state index contributed by atoms with van der Waals surface area (Å²) in [4.78, 5) is 61.3. The lowest BCUT2D eigenvalue weighted by atomic mass is 10.00. The molecule has 0 aliphatic heterocycles. The van der Waals surface area contributed by atoms with Gasteiger partial charge in [-0.25, -0.2) is 4.79 Å². The van der Waals surface area contributed by atoms with Gasteiger partial charge >= 0.3 is 11.9 Å². The number of nitrogens with two attached hydrogens (primary N) is 1.